The number of hydrogen-bond donors (Lipinski definition) is 6. The third kappa shape index (κ3) is 62.9. The zero-order valence-electron chi connectivity index (χ0n) is 49.8. The summed E-state index contributed by atoms with van der Waals surface area (Å²) in [5.41, 5.74) is 0. The van der Waals surface area contributed by atoms with Gasteiger partial charge in [-0.05, 0) is 32.2 Å². The summed E-state index contributed by atoms with van der Waals surface area (Å²) in [5.74, 6) is 0.289. The summed E-state index contributed by atoms with van der Waals surface area (Å²) in [6.45, 7) is 17.6. The van der Waals surface area contributed by atoms with Gasteiger partial charge in [0.25, 0.3) is 0 Å². The lowest BCUT2D eigenvalue weighted by Gasteiger charge is -2.26. The first-order chi connectivity index (χ1) is 36.3. The Morgan fingerprint density at radius 3 is 0.693 bits per heavy atom. The summed E-state index contributed by atoms with van der Waals surface area (Å²) >= 11 is 0. The van der Waals surface area contributed by atoms with Crippen molar-refractivity contribution < 1.29 is 29.7 Å². The zero-order valence-corrected chi connectivity index (χ0v) is 49.8. The van der Waals surface area contributed by atoms with Crippen LogP contribution in [-0.2, 0) is 14.4 Å². The van der Waals surface area contributed by atoms with Gasteiger partial charge in [-0.25, -0.2) is 0 Å². The van der Waals surface area contributed by atoms with Crippen LogP contribution < -0.4 is 16.0 Å². The number of unbranched alkanes of at least 4 members (excludes halogenated alkanes) is 33. The number of aliphatic hydroxyl groups excluding tert-OH is 3. The molecule has 0 spiro atoms. The lowest BCUT2D eigenvalue weighted by molar-refractivity contribution is -0.122. The molecule has 3 amide bonds. The summed E-state index contributed by atoms with van der Waals surface area (Å²) < 4.78 is 0. The summed E-state index contributed by atoms with van der Waals surface area (Å²) in [5, 5.41) is 37.4. The molecule has 0 aromatic carbocycles. The molecule has 0 heterocycles. The molecule has 0 aromatic rings. The van der Waals surface area contributed by atoms with E-state index in [1.807, 2.05) is 0 Å². The molecule has 6 N–H and O–H groups in total. The minimum absolute atomic E-state index is 0. The van der Waals surface area contributed by atoms with E-state index in [0.717, 1.165) is 58.4 Å². The molecule has 0 aliphatic rings. The smallest absolute Gasteiger partial charge is 0.221 e. The molecule has 450 valence electrons. The second kappa shape index (κ2) is 66.4. The fourth-order valence-electron chi connectivity index (χ4n) is 9.57. The molecule has 0 atom stereocenters. The maximum absolute atomic E-state index is 12.4. The van der Waals surface area contributed by atoms with E-state index >= 15 is 0 Å². The van der Waals surface area contributed by atoms with E-state index in [2.05, 4.69) is 58.3 Å². The van der Waals surface area contributed by atoms with Gasteiger partial charge < -0.3 is 36.2 Å². The van der Waals surface area contributed by atoms with Gasteiger partial charge in [-0.1, -0.05) is 247 Å². The van der Waals surface area contributed by atoms with Crippen molar-refractivity contribution in [3.63, 3.8) is 0 Å². The first kappa shape index (κ1) is 77.4. The van der Waals surface area contributed by atoms with E-state index in [4.69, 9.17) is 0 Å². The number of carbonyl (C=O) groups excluding carboxylic acids is 3. The molecular formula is C63H132N6O6. The molecule has 0 saturated carbocycles. The van der Waals surface area contributed by atoms with Gasteiger partial charge in [0.2, 0.25) is 17.7 Å². The Kier molecular flexibility index (Phi) is 68.6. The van der Waals surface area contributed by atoms with Crippen molar-refractivity contribution in [3.8, 4) is 0 Å². The van der Waals surface area contributed by atoms with Crippen LogP contribution in [0.1, 0.15) is 292 Å². The predicted octanol–water partition coefficient (Wildman–Crippen LogP) is 13.5. The Morgan fingerprint density at radius 1 is 0.267 bits per heavy atom. The zero-order chi connectivity index (χ0) is 54.5. The molecule has 0 rings (SSSR count). The van der Waals surface area contributed by atoms with Crippen molar-refractivity contribution in [2.75, 3.05) is 98.4 Å². The molecule has 0 unspecified atom stereocenters. The summed E-state index contributed by atoms with van der Waals surface area (Å²) in [4.78, 5) is 43.2. The number of amides is 3. The van der Waals surface area contributed by atoms with Gasteiger partial charge in [0, 0.05) is 91.3 Å². The second-order valence-corrected chi connectivity index (χ2v) is 21.7. The SMILES string of the molecule is C.CCCCCCCCCCCCCNC(=O)CCN(CCO)CCCCCC.CCCCCCCCCCCCCNC(=O)CCN(CCO)CCN(CCO)CCC(=O)NCCCCCCCCCCCCC. The second-order valence-electron chi connectivity index (χ2n) is 21.7. The van der Waals surface area contributed by atoms with E-state index in [-0.39, 0.29) is 45.0 Å². The van der Waals surface area contributed by atoms with Crippen LogP contribution in [-0.4, -0.2) is 146 Å². The Balaban J connectivity index is -0.00000153. The number of carbonyl (C=O) groups is 3. The van der Waals surface area contributed by atoms with Crippen LogP contribution >= 0.6 is 0 Å². The predicted molar refractivity (Wildman–Crippen MR) is 324 cm³/mol. The molecule has 0 aliphatic carbocycles. The first-order valence-electron chi connectivity index (χ1n) is 32.1. The molecule has 75 heavy (non-hydrogen) atoms. The van der Waals surface area contributed by atoms with Gasteiger partial charge in [-0.3, -0.25) is 24.2 Å². The van der Waals surface area contributed by atoms with Crippen molar-refractivity contribution in [1.82, 2.24) is 30.7 Å². The van der Waals surface area contributed by atoms with Crippen LogP contribution in [0.15, 0.2) is 0 Å². The number of nitrogens with zero attached hydrogens (tertiary/aromatic N) is 3. The van der Waals surface area contributed by atoms with Crippen LogP contribution in [0.4, 0.5) is 0 Å². The highest BCUT2D eigenvalue weighted by molar-refractivity contribution is 5.76. The monoisotopic (exact) mass is 1070 g/mol. The fraction of sp³-hybridized carbons (Fsp3) is 0.952. The largest absolute Gasteiger partial charge is 0.395 e. The molecule has 0 saturated heterocycles. The number of hydrogen-bond acceptors (Lipinski definition) is 9. The third-order valence-electron chi connectivity index (χ3n) is 14.6. The molecule has 0 radical (unpaired) electrons. The topological polar surface area (TPSA) is 158 Å². The molecule has 12 heteroatoms. The van der Waals surface area contributed by atoms with Crippen LogP contribution in [0.3, 0.4) is 0 Å². The van der Waals surface area contributed by atoms with E-state index in [0.29, 0.717) is 65.1 Å². The Morgan fingerprint density at radius 2 is 0.467 bits per heavy atom. The van der Waals surface area contributed by atoms with Gasteiger partial charge >= 0.3 is 0 Å². The van der Waals surface area contributed by atoms with E-state index in [9.17, 15) is 29.7 Å². The molecule has 0 fully saturated rings. The maximum Gasteiger partial charge on any atom is 0.221 e. The molecule has 0 aromatic heterocycles. The maximum atomic E-state index is 12.4. The van der Waals surface area contributed by atoms with Crippen molar-refractivity contribution >= 4 is 17.7 Å². The van der Waals surface area contributed by atoms with Gasteiger partial charge in [0.15, 0.2) is 0 Å². The van der Waals surface area contributed by atoms with E-state index in [1.165, 1.54) is 212 Å². The Hall–Kier alpha value is -1.83. The third-order valence-corrected chi connectivity index (χ3v) is 14.6. The summed E-state index contributed by atoms with van der Waals surface area (Å²) in [6.07, 6.45) is 49.5. The number of rotatable bonds is 59. The normalized spacial score (nSPS) is 11.3. The van der Waals surface area contributed by atoms with Crippen molar-refractivity contribution in [2.45, 2.75) is 292 Å². The highest BCUT2D eigenvalue weighted by Gasteiger charge is 2.13. The van der Waals surface area contributed by atoms with E-state index in [1.54, 1.807) is 0 Å². The molecule has 12 nitrogen and oxygen atoms in total. The van der Waals surface area contributed by atoms with Gasteiger partial charge in [0.1, 0.15) is 0 Å². The quantitative estimate of drug-likeness (QED) is 0.0326. The fourth-order valence-corrected chi connectivity index (χ4v) is 9.57. The summed E-state index contributed by atoms with van der Waals surface area (Å²) in [6, 6.07) is 0. The van der Waals surface area contributed by atoms with Crippen LogP contribution in [0.25, 0.3) is 0 Å². The van der Waals surface area contributed by atoms with Crippen molar-refractivity contribution in [2.24, 2.45) is 0 Å². The minimum Gasteiger partial charge on any atom is -0.395 e. The standard InChI is InChI=1S/C38H78N4O4.C24H50N2O2.CH4/c1-3-5-7-9-11-13-15-17-19-21-23-27-39-37(45)25-29-41(33-35-43)31-32-42(34-36-44)30-26-38(46)40-28-24-22-20-18-16-14-12-10-8-6-4-2;1-3-5-7-9-10-11-12-13-14-15-16-19-25-24(28)18-21-26(22-23-27)20-17-8-6-4-2;/h43-44H,3-36H2,1-2H3,(H,39,45)(H,40,46);27H,3-23H2,1-2H3,(H,25,28);1H4. The van der Waals surface area contributed by atoms with Crippen LogP contribution in [0.5, 0.6) is 0 Å². The average Bonchev–Trinajstić information content (AvgIpc) is 3.40. The van der Waals surface area contributed by atoms with Gasteiger partial charge in [0.05, 0.1) is 19.8 Å². The number of nitrogens with one attached hydrogen (secondary N) is 3. The Labute approximate surface area is 466 Å². The summed E-state index contributed by atoms with van der Waals surface area (Å²) in [7, 11) is 0. The lowest BCUT2D eigenvalue weighted by Crippen LogP contribution is -2.40. The molecule has 0 bridgehead atoms. The van der Waals surface area contributed by atoms with Crippen molar-refractivity contribution in [1.29, 1.82) is 0 Å². The first-order valence-corrected chi connectivity index (χ1v) is 32.1. The van der Waals surface area contributed by atoms with E-state index < -0.39 is 0 Å². The number of aliphatic hydroxyl groups is 3. The van der Waals surface area contributed by atoms with Crippen LogP contribution in [0, 0.1) is 0 Å². The highest BCUT2D eigenvalue weighted by atomic mass is 16.3. The average molecular weight is 1070 g/mol. The van der Waals surface area contributed by atoms with Crippen LogP contribution in [0.2, 0.25) is 0 Å². The lowest BCUT2D eigenvalue weighted by atomic mass is 10.1. The van der Waals surface area contributed by atoms with Crippen molar-refractivity contribution in [3.05, 3.63) is 0 Å². The van der Waals surface area contributed by atoms with Gasteiger partial charge in [-0.15, -0.1) is 0 Å². The molecule has 0 aliphatic heterocycles. The van der Waals surface area contributed by atoms with Gasteiger partial charge in [-0.2, -0.15) is 0 Å². The Bertz CT molecular complexity index is 1080. The molecular weight excluding hydrogens is 937 g/mol. The minimum atomic E-state index is 0. The highest BCUT2D eigenvalue weighted by Crippen LogP contribution is 2.14.